The first-order valence-electron chi connectivity index (χ1n) is 14.9. The molecule has 0 unspecified atom stereocenters. The second-order valence-electron chi connectivity index (χ2n) is 11.4. The topological polar surface area (TPSA) is 167 Å². The van der Waals surface area contributed by atoms with Crippen LogP contribution in [0.5, 0.6) is 5.75 Å². The molecule has 5 aromatic rings. The van der Waals surface area contributed by atoms with Crippen molar-refractivity contribution >= 4 is 45.9 Å². The molecule has 0 atom stereocenters. The van der Waals surface area contributed by atoms with Crippen LogP contribution in [0.15, 0.2) is 40.0 Å². The van der Waals surface area contributed by atoms with Gasteiger partial charge in [-0.3, -0.25) is 14.4 Å². The second-order valence-corrected chi connectivity index (χ2v) is 11.4. The van der Waals surface area contributed by atoms with Crippen molar-refractivity contribution in [2.45, 2.75) is 33.0 Å². The Hall–Kier alpha value is -5.68. The number of aryl methyl sites for hydroxylation is 1. The summed E-state index contributed by atoms with van der Waals surface area (Å²) in [6.45, 7) is 3.91. The lowest BCUT2D eigenvalue weighted by atomic mass is 10.1. The highest BCUT2D eigenvalue weighted by molar-refractivity contribution is 6.01. The third-order valence-corrected chi connectivity index (χ3v) is 8.14. The van der Waals surface area contributed by atoms with E-state index in [0.29, 0.717) is 12.1 Å². The number of carbonyl (C=O) groups is 2. The zero-order valence-corrected chi connectivity index (χ0v) is 26.4. The molecule has 252 valence electrons. The number of fused-ring (bicyclic) bond motifs is 2. The van der Waals surface area contributed by atoms with Crippen molar-refractivity contribution in [1.29, 1.82) is 0 Å². The molecule has 0 spiro atoms. The number of carbonyl (C=O) groups excluding carboxylic acids is 2. The van der Waals surface area contributed by atoms with Crippen LogP contribution in [-0.4, -0.2) is 91.2 Å². The monoisotopic (exact) mass is 668 g/mol. The Balaban J connectivity index is 1.33. The molecule has 18 heteroatoms. The zero-order chi connectivity index (χ0) is 34.5. The number of hydrogen-bond donors (Lipinski definition) is 2. The van der Waals surface area contributed by atoms with Gasteiger partial charge in [0.15, 0.2) is 17.0 Å². The van der Waals surface area contributed by atoms with E-state index in [0.717, 1.165) is 22.9 Å². The van der Waals surface area contributed by atoms with E-state index >= 15 is 0 Å². The lowest BCUT2D eigenvalue weighted by Crippen LogP contribution is -2.51. The Labute approximate surface area is 270 Å². The smallest absolute Gasteiger partial charge is 0.417 e. The molecular weight excluding hydrogens is 637 g/mol. The minimum absolute atomic E-state index is 0.0458. The van der Waals surface area contributed by atoms with Crippen molar-refractivity contribution in [2.24, 2.45) is 0 Å². The van der Waals surface area contributed by atoms with E-state index in [9.17, 15) is 32.7 Å². The molecule has 4 aromatic heterocycles. The summed E-state index contributed by atoms with van der Waals surface area (Å²) in [7, 11) is 3.40. The Morgan fingerprint density at radius 1 is 1.10 bits per heavy atom. The molecule has 1 aromatic carbocycles. The molecule has 6 rings (SSSR count). The van der Waals surface area contributed by atoms with Crippen LogP contribution < -0.4 is 20.7 Å². The van der Waals surface area contributed by atoms with Crippen molar-refractivity contribution in [2.75, 3.05) is 55.4 Å². The quantitative estimate of drug-likeness (QED) is 0.262. The van der Waals surface area contributed by atoms with E-state index in [1.807, 2.05) is 11.8 Å². The molecule has 15 nitrogen and oxygen atoms in total. The zero-order valence-electron chi connectivity index (χ0n) is 26.4. The Kier molecular flexibility index (Phi) is 8.18. The van der Waals surface area contributed by atoms with Crippen LogP contribution >= 0.6 is 0 Å². The van der Waals surface area contributed by atoms with Gasteiger partial charge in [0.05, 0.1) is 28.9 Å². The van der Waals surface area contributed by atoms with E-state index in [2.05, 4.69) is 25.4 Å². The number of nitrogens with zero attached hydrogens (tertiary/aromatic N) is 9. The number of aromatic nitrogens is 6. The van der Waals surface area contributed by atoms with Crippen molar-refractivity contribution < 1.29 is 32.3 Å². The molecule has 0 saturated carbocycles. The lowest BCUT2D eigenvalue weighted by molar-refractivity contribution is -0.136. The van der Waals surface area contributed by atoms with E-state index in [1.165, 1.54) is 17.3 Å². The number of nitrogens with one attached hydrogen (secondary N) is 1. The molecule has 0 radical (unpaired) electrons. The van der Waals surface area contributed by atoms with Crippen molar-refractivity contribution in [3.05, 3.63) is 63.8 Å². The number of hydrogen-bond acceptors (Lipinski definition) is 11. The second kappa shape index (κ2) is 12.2. The molecule has 48 heavy (non-hydrogen) atoms. The number of aromatic hydroxyl groups is 1. The molecule has 2 N–H and O–H groups in total. The maximum Gasteiger partial charge on any atom is 0.417 e. The molecule has 1 saturated heterocycles. The Morgan fingerprint density at radius 3 is 2.50 bits per heavy atom. The molecule has 1 aliphatic rings. The lowest BCUT2D eigenvalue weighted by Gasteiger charge is -2.36. The number of amides is 2. The molecule has 2 amide bonds. The normalized spacial score (nSPS) is 13.8. The number of alkyl halides is 3. The summed E-state index contributed by atoms with van der Waals surface area (Å²) in [4.78, 5) is 57.9. The van der Waals surface area contributed by atoms with Crippen LogP contribution in [0.3, 0.4) is 0 Å². The van der Waals surface area contributed by atoms with Crippen LogP contribution in [-0.2, 0) is 23.9 Å². The first-order valence-corrected chi connectivity index (χ1v) is 14.9. The van der Waals surface area contributed by atoms with Gasteiger partial charge in [0.25, 0.3) is 11.5 Å². The van der Waals surface area contributed by atoms with E-state index < -0.39 is 29.1 Å². The van der Waals surface area contributed by atoms with Gasteiger partial charge in [-0.05, 0) is 31.5 Å². The van der Waals surface area contributed by atoms with Gasteiger partial charge in [0.2, 0.25) is 17.6 Å². The third-order valence-electron chi connectivity index (χ3n) is 8.14. The summed E-state index contributed by atoms with van der Waals surface area (Å²) < 4.78 is 48.6. The fraction of sp³-hybridized carbons (Fsp3) is 0.367. The average Bonchev–Trinajstić information content (AvgIpc) is 3.72. The van der Waals surface area contributed by atoms with Gasteiger partial charge in [-0.15, -0.1) is 5.10 Å². The number of piperazine rings is 1. The average molecular weight is 669 g/mol. The molecule has 1 aliphatic heterocycles. The standard InChI is InChI=1S/C30H31F3N10O5/c1-5-20-23(40-9-11-41(12-10-40)26(46)22-24(45)16(2)34-15-35-22)27(47)43-29(37-28(38-43)39(3)4)42(20)14-21(44)36-19-7-6-18(30(31,32)33)17-8-13-48-25(17)19/h6-8,13,15,45H,5,9-12,14H2,1-4H3,(H,36,44). The van der Waals surface area contributed by atoms with E-state index in [-0.39, 0.29) is 83.9 Å². The highest BCUT2D eigenvalue weighted by Crippen LogP contribution is 2.38. The fourth-order valence-corrected chi connectivity index (χ4v) is 5.76. The van der Waals surface area contributed by atoms with Gasteiger partial charge < -0.3 is 34.1 Å². The summed E-state index contributed by atoms with van der Waals surface area (Å²) >= 11 is 0. The van der Waals surface area contributed by atoms with Crippen LogP contribution in [0.2, 0.25) is 0 Å². The van der Waals surface area contributed by atoms with E-state index in [4.69, 9.17) is 4.42 Å². The van der Waals surface area contributed by atoms with Crippen LogP contribution in [0.25, 0.3) is 16.7 Å². The summed E-state index contributed by atoms with van der Waals surface area (Å²) in [6.07, 6.45) is -2.00. The predicted octanol–water partition coefficient (Wildman–Crippen LogP) is 2.69. The maximum atomic E-state index is 14.0. The number of halogens is 3. The summed E-state index contributed by atoms with van der Waals surface area (Å²) in [5.41, 5.74) is -0.548. The van der Waals surface area contributed by atoms with E-state index in [1.54, 1.807) is 30.5 Å². The molecular formula is C30H31F3N10O5. The number of furan rings is 1. The van der Waals surface area contributed by atoms with Gasteiger partial charge >= 0.3 is 6.18 Å². The SMILES string of the molecule is CCc1c(N2CCN(C(=O)c3ncnc(C)c3O)CC2)c(=O)n2nc(N(C)C)nc2n1CC(=O)Nc1ccc(C(F)(F)F)c2ccoc12. The highest BCUT2D eigenvalue weighted by Gasteiger charge is 2.34. The minimum atomic E-state index is -4.62. The van der Waals surface area contributed by atoms with Crippen molar-refractivity contribution in [3.8, 4) is 5.75 Å². The molecule has 0 aliphatic carbocycles. The van der Waals surface area contributed by atoms with Gasteiger partial charge in [0, 0.05) is 45.7 Å². The number of anilines is 3. The van der Waals surface area contributed by atoms with Crippen LogP contribution in [0, 0.1) is 6.92 Å². The molecule has 1 fully saturated rings. The summed E-state index contributed by atoms with van der Waals surface area (Å²) in [5.74, 6) is -1.06. The van der Waals surface area contributed by atoms with Gasteiger partial charge in [-0.25, -0.2) is 9.97 Å². The predicted molar refractivity (Wildman–Crippen MR) is 167 cm³/mol. The van der Waals surface area contributed by atoms with Crippen molar-refractivity contribution in [1.82, 2.24) is 34.0 Å². The van der Waals surface area contributed by atoms with Gasteiger partial charge in [-0.2, -0.15) is 22.7 Å². The third kappa shape index (κ3) is 5.62. The van der Waals surface area contributed by atoms with Crippen LogP contribution in [0.1, 0.15) is 34.4 Å². The molecule has 5 heterocycles. The van der Waals surface area contributed by atoms with Gasteiger partial charge in [0.1, 0.15) is 18.6 Å². The molecule has 0 bridgehead atoms. The maximum absolute atomic E-state index is 14.0. The number of benzene rings is 1. The fourth-order valence-electron chi connectivity index (χ4n) is 5.76. The van der Waals surface area contributed by atoms with Gasteiger partial charge in [-0.1, -0.05) is 6.92 Å². The number of rotatable bonds is 7. The summed E-state index contributed by atoms with van der Waals surface area (Å²) in [6, 6.07) is 3.19. The Morgan fingerprint density at radius 2 is 1.83 bits per heavy atom. The van der Waals surface area contributed by atoms with Crippen molar-refractivity contribution in [3.63, 3.8) is 0 Å². The Bertz CT molecular complexity index is 2110. The minimum Gasteiger partial charge on any atom is -0.504 e. The first-order chi connectivity index (χ1) is 22.8. The first kappa shape index (κ1) is 32.3. The van der Waals surface area contributed by atoms with Crippen LogP contribution in [0.4, 0.5) is 30.5 Å². The largest absolute Gasteiger partial charge is 0.504 e. The summed E-state index contributed by atoms with van der Waals surface area (Å²) in [5, 5.41) is 17.1. The highest BCUT2D eigenvalue weighted by atomic mass is 19.4.